The number of para-hydroxylation sites is 1. The summed E-state index contributed by atoms with van der Waals surface area (Å²) in [4.78, 5) is 0. The first kappa shape index (κ1) is 11.1. The Morgan fingerprint density at radius 2 is 1.94 bits per heavy atom. The Labute approximate surface area is 114 Å². The average molecular weight is 340 g/mol. The van der Waals surface area contributed by atoms with Crippen LogP contribution < -0.4 is 0 Å². The van der Waals surface area contributed by atoms with E-state index in [4.69, 9.17) is 0 Å². The average Bonchev–Trinajstić information content (AvgIpc) is 3.00. The van der Waals surface area contributed by atoms with E-state index in [0.29, 0.717) is 5.92 Å². The highest BCUT2D eigenvalue weighted by Crippen LogP contribution is 2.33. The van der Waals surface area contributed by atoms with Crippen LogP contribution >= 0.6 is 22.6 Å². The Morgan fingerprint density at radius 1 is 1.18 bits per heavy atom. The number of aromatic nitrogens is 4. The summed E-state index contributed by atoms with van der Waals surface area (Å²) in [7, 11) is 0. The van der Waals surface area contributed by atoms with Crippen molar-refractivity contribution >= 4 is 22.6 Å². The molecule has 1 aliphatic carbocycles. The van der Waals surface area contributed by atoms with E-state index in [1.165, 1.54) is 29.3 Å². The molecule has 88 valence electrons. The normalized spacial score (nSPS) is 16.5. The van der Waals surface area contributed by atoms with Crippen molar-refractivity contribution in [3.05, 3.63) is 33.7 Å². The van der Waals surface area contributed by atoms with Crippen LogP contribution in [0.3, 0.4) is 0 Å². The lowest BCUT2D eigenvalue weighted by atomic mass is 10.1. The van der Waals surface area contributed by atoms with E-state index in [0.717, 1.165) is 11.5 Å². The van der Waals surface area contributed by atoms with Gasteiger partial charge in [0.2, 0.25) is 0 Å². The third kappa shape index (κ3) is 2.08. The monoisotopic (exact) mass is 340 g/mol. The number of tetrazole rings is 1. The van der Waals surface area contributed by atoms with Crippen molar-refractivity contribution in [2.24, 2.45) is 0 Å². The second-order valence-corrected chi connectivity index (χ2v) is 5.54. The fourth-order valence-electron chi connectivity index (χ4n) is 2.43. The van der Waals surface area contributed by atoms with Gasteiger partial charge in [0.1, 0.15) is 0 Å². The number of halogens is 1. The van der Waals surface area contributed by atoms with E-state index in [2.05, 4.69) is 50.2 Å². The van der Waals surface area contributed by atoms with Gasteiger partial charge in [-0.15, -0.1) is 5.10 Å². The highest BCUT2D eigenvalue weighted by Gasteiger charge is 2.24. The first-order valence-electron chi connectivity index (χ1n) is 5.89. The first-order valence-corrected chi connectivity index (χ1v) is 6.97. The van der Waals surface area contributed by atoms with Gasteiger partial charge in [-0.3, -0.25) is 0 Å². The Bertz CT molecular complexity index is 517. The number of benzene rings is 1. The number of rotatable bonds is 2. The lowest BCUT2D eigenvalue weighted by Crippen LogP contribution is -2.07. The van der Waals surface area contributed by atoms with Crippen LogP contribution in [0.15, 0.2) is 24.3 Å². The van der Waals surface area contributed by atoms with Crippen molar-refractivity contribution in [2.75, 3.05) is 0 Å². The SMILES string of the molecule is Ic1ccccc1-n1nnnc1C1CCCC1. The van der Waals surface area contributed by atoms with Crippen LogP contribution in [0.25, 0.3) is 5.69 Å². The molecule has 17 heavy (non-hydrogen) atoms. The quantitative estimate of drug-likeness (QED) is 0.790. The molecule has 0 radical (unpaired) electrons. The molecule has 1 saturated carbocycles. The van der Waals surface area contributed by atoms with E-state index in [-0.39, 0.29) is 0 Å². The zero-order valence-corrected chi connectivity index (χ0v) is 11.5. The van der Waals surface area contributed by atoms with Crippen LogP contribution in [-0.2, 0) is 0 Å². The molecule has 4 nitrogen and oxygen atoms in total. The number of hydrogen-bond donors (Lipinski definition) is 0. The fourth-order valence-corrected chi connectivity index (χ4v) is 3.04. The molecule has 1 aromatic heterocycles. The van der Waals surface area contributed by atoms with Crippen LogP contribution in [0.1, 0.15) is 37.4 Å². The van der Waals surface area contributed by atoms with Gasteiger partial charge in [-0.1, -0.05) is 25.0 Å². The minimum absolute atomic E-state index is 0.529. The number of hydrogen-bond acceptors (Lipinski definition) is 3. The Hall–Kier alpha value is -0.980. The van der Waals surface area contributed by atoms with Crippen molar-refractivity contribution in [3.63, 3.8) is 0 Å². The molecule has 1 aliphatic rings. The van der Waals surface area contributed by atoms with Gasteiger partial charge in [-0.2, -0.15) is 4.68 Å². The van der Waals surface area contributed by atoms with Crippen molar-refractivity contribution in [3.8, 4) is 5.69 Å². The maximum absolute atomic E-state index is 4.21. The lowest BCUT2D eigenvalue weighted by Gasteiger charge is -2.10. The van der Waals surface area contributed by atoms with Crippen LogP contribution in [-0.4, -0.2) is 20.2 Å². The van der Waals surface area contributed by atoms with Gasteiger partial charge in [0.15, 0.2) is 5.82 Å². The van der Waals surface area contributed by atoms with Crippen LogP contribution in [0.2, 0.25) is 0 Å². The maximum atomic E-state index is 4.21. The zero-order valence-electron chi connectivity index (χ0n) is 9.38. The summed E-state index contributed by atoms with van der Waals surface area (Å²) in [5.41, 5.74) is 1.08. The Balaban J connectivity index is 2.04. The van der Waals surface area contributed by atoms with E-state index < -0.39 is 0 Å². The largest absolute Gasteiger partial charge is 0.196 e. The molecule has 1 aromatic carbocycles. The molecule has 3 rings (SSSR count). The van der Waals surface area contributed by atoms with Gasteiger partial charge >= 0.3 is 0 Å². The summed E-state index contributed by atoms with van der Waals surface area (Å²) in [6.07, 6.45) is 5.01. The van der Waals surface area contributed by atoms with Gasteiger partial charge in [0.05, 0.1) is 5.69 Å². The first-order chi connectivity index (χ1) is 8.36. The third-order valence-electron chi connectivity index (χ3n) is 3.29. The van der Waals surface area contributed by atoms with Gasteiger partial charge in [-0.25, -0.2) is 0 Å². The van der Waals surface area contributed by atoms with Crippen molar-refractivity contribution in [1.82, 2.24) is 20.2 Å². The molecular weight excluding hydrogens is 327 g/mol. The van der Waals surface area contributed by atoms with Crippen molar-refractivity contribution in [2.45, 2.75) is 31.6 Å². The highest BCUT2D eigenvalue weighted by molar-refractivity contribution is 14.1. The molecule has 5 heteroatoms. The molecular formula is C12H13IN4. The second kappa shape index (κ2) is 4.72. The summed E-state index contributed by atoms with van der Waals surface area (Å²) in [5.74, 6) is 1.55. The minimum Gasteiger partial charge on any atom is -0.196 e. The predicted octanol–water partition coefficient (Wildman–Crippen LogP) is 2.92. The summed E-state index contributed by atoms with van der Waals surface area (Å²) < 4.78 is 3.08. The Kier molecular flexibility index (Phi) is 3.09. The van der Waals surface area contributed by atoms with Gasteiger partial charge in [0, 0.05) is 9.49 Å². The summed E-state index contributed by atoms with van der Waals surface area (Å²) >= 11 is 2.32. The smallest absolute Gasteiger partial charge is 0.159 e. The second-order valence-electron chi connectivity index (χ2n) is 4.38. The molecule has 0 atom stereocenters. The standard InChI is InChI=1S/C12H13IN4/c13-10-7-3-4-8-11(10)17-12(14-15-16-17)9-5-1-2-6-9/h3-4,7-9H,1-2,5-6H2. The molecule has 0 unspecified atom stereocenters. The molecule has 1 fully saturated rings. The molecule has 0 bridgehead atoms. The predicted molar refractivity (Wildman–Crippen MR) is 73.1 cm³/mol. The fraction of sp³-hybridized carbons (Fsp3) is 0.417. The van der Waals surface area contributed by atoms with E-state index in [1.54, 1.807) is 0 Å². The van der Waals surface area contributed by atoms with Gasteiger partial charge in [0.25, 0.3) is 0 Å². The number of nitrogens with zero attached hydrogens (tertiary/aromatic N) is 4. The van der Waals surface area contributed by atoms with Crippen LogP contribution in [0.5, 0.6) is 0 Å². The van der Waals surface area contributed by atoms with Crippen molar-refractivity contribution in [1.29, 1.82) is 0 Å². The molecule has 0 amide bonds. The van der Waals surface area contributed by atoms with E-state index in [9.17, 15) is 0 Å². The van der Waals surface area contributed by atoms with E-state index >= 15 is 0 Å². The highest BCUT2D eigenvalue weighted by atomic mass is 127. The lowest BCUT2D eigenvalue weighted by molar-refractivity contribution is 0.635. The zero-order chi connectivity index (χ0) is 11.7. The van der Waals surface area contributed by atoms with Crippen molar-refractivity contribution < 1.29 is 0 Å². The summed E-state index contributed by atoms with van der Waals surface area (Å²) in [6, 6.07) is 8.20. The topological polar surface area (TPSA) is 43.6 Å². The maximum Gasteiger partial charge on any atom is 0.159 e. The molecule has 0 spiro atoms. The van der Waals surface area contributed by atoms with Gasteiger partial charge < -0.3 is 0 Å². The molecule has 0 saturated heterocycles. The summed E-state index contributed by atoms with van der Waals surface area (Å²) in [6.45, 7) is 0. The van der Waals surface area contributed by atoms with Crippen LogP contribution in [0.4, 0.5) is 0 Å². The molecule has 0 aliphatic heterocycles. The molecule has 2 aromatic rings. The third-order valence-corrected chi connectivity index (χ3v) is 4.21. The Morgan fingerprint density at radius 3 is 2.71 bits per heavy atom. The van der Waals surface area contributed by atoms with E-state index in [1.807, 2.05) is 16.8 Å². The minimum atomic E-state index is 0.529. The molecule has 0 N–H and O–H groups in total. The van der Waals surface area contributed by atoms with Gasteiger partial charge in [-0.05, 0) is 58.0 Å². The molecule has 1 heterocycles. The van der Waals surface area contributed by atoms with Crippen LogP contribution in [0, 0.1) is 3.57 Å². The summed E-state index contributed by atoms with van der Waals surface area (Å²) in [5, 5.41) is 12.2.